The molecule has 0 heterocycles. The van der Waals surface area contributed by atoms with Gasteiger partial charge >= 0.3 is 19.0 Å². The summed E-state index contributed by atoms with van der Waals surface area (Å²) in [6, 6.07) is 0. The standard InChI is InChI=1S/C4H8FO5P/c1-2-4(5,3(6)7)11(8,9)10/h2H2,1H3,(H,6,7)(H2,8,9,10). The number of carbonyl (C=O) groups is 1. The first-order valence-electron chi connectivity index (χ1n) is 2.73. The number of hydrogen-bond donors (Lipinski definition) is 3. The number of hydrogen-bond acceptors (Lipinski definition) is 2. The summed E-state index contributed by atoms with van der Waals surface area (Å²) in [6.45, 7) is 1.05. The SMILES string of the molecule is CCC(F)(C(=O)O)P(=O)(O)O. The van der Waals surface area contributed by atoms with Crippen LogP contribution in [0.25, 0.3) is 0 Å². The minimum absolute atomic E-state index is 0.757. The van der Waals surface area contributed by atoms with Crippen LogP contribution < -0.4 is 0 Å². The summed E-state index contributed by atoms with van der Waals surface area (Å²) >= 11 is 0. The van der Waals surface area contributed by atoms with E-state index in [0.717, 1.165) is 6.92 Å². The predicted octanol–water partition coefficient (Wildman–Crippen LogP) is 0.325. The highest BCUT2D eigenvalue weighted by molar-refractivity contribution is 7.54. The van der Waals surface area contributed by atoms with Gasteiger partial charge in [0.05, 0.1) is 0 Å². The summed E-state index contributed by atoms with van der Waals surface area (Å²) in [5.41, 5.74) is 0. The third-order valence-electron chi connectivity index (χ3n) is 1.26. The third-order valence-corrected chi connectivity index (χ3v) is 2.69. The Morgan fingerprint density at radius 2 is 2.00 bits per heavy atom. The van der Waals surface area contributed by atoms with Crippen LogP contribution in [0.15, 0.2) is 0 Å². The Morgan fingerprint density at radius 3 is 2.00 bits per heavy atom. The van der Waals surface area contributed by atoms with E-state index in [1.54, 1.807) is 0 Å². The molecule has 0 rings (SSSR count). The van der Waals surface area contributed by atoms with E-state index in [4.69, 9.17) is 14.9 Å². The number of alkyl halides is 1. The van der Waals surface area contributed by atoms with Crippen molar-refractivity contribution >= 4 is 13.6 Å². The lowest BCUT2D eigenvalue weighted by Gasteiger charge is -2.19. The van der Waals surface area contributed by atoms with Crippen molar-refractivity contribution in [1.82, 2.24) is 0 Å². The van der Waals surface area contributed by atoms with Crippen LogP contribution in [0.3, 0.4) is 0 Å². The fourth-order valence-electron chi connectivity index (χ4n) is 0.482. The summed E-state index contributed by atoms with van der Waals surface area (Å²) in [4.78, 5) is 26.6. The first-order valence-corrected chi connectivity index (χ1v) is 4.35. The predicted molar refractivity (Wildman–Crippen MR) is 33.8 cm³/mol. The number of rotatable bonds is 3. The molecule has 0 bridgehead atoms. The molecule has 11 heavy (non-hydrogen) atoms. The monoisotopic (exact) mass is 186 g/mol. The van der Waals surface area contributed by atoms with Crippen LogP contribution in [0, 0.1) is 0 Å². The zero-order chi connectivity index (χ0) is 9.28. The maximum Gasteiger partial charge on any atom is 0.374 e. The summed E-state index contributed by atoms with van der Waals surface area (Å²) in [5, 5.41) is 4.66. The van der Waals surface area contributed by atoms with E-state index in [1.165, 1.54) is 0 Å². The van der Waals surface area contributed by atoms with Gasteiger partial charge in [-0.1, -0.05) is 6.92 Å². The highest BCUT2D eigenvalue weighted by Crippen LogP contribution is 2.53. The Bertz CT molecular complexity index is 211. The van der Waals surface area contributed by atoms with E-state index < -0.39 is 25.4 Å². The molecule has 0 aromatic heterocycles. The van der Waals surface area contributed by atoms with Crippen LogP contribution >= 0.6 is 7.60 Å². The minimum Gasteiger partial charge on any atom is -0.478 e. The second-order valence-corrected chi connectivity index (χ2v) is 3.76. The van der Waals surface area contributed by atoms with Crippen LogP contribution in [0.4, 0.5) is 4.39 Å². The van der Waals surface area contributed by atoms with Crippen molar-refractivity contribution in [2.24, 2.45) is 0 Å². The fraction of sp³-hybridized carbons (Fsp3) is 0.750. The lowest BCUT2D eigenvalue weighted by Crippen LogP contribution is -2.32. The number of carboxylic acids is 1. The molecule has 1 unspecified atom stereocenters. The molecular formula is C4H8FO5P. The first kappa shape index (κ1) is 10.6. The molecule has 5 nitrogen and oxygen atoms in total. The molecule has 0 amide bonds. The molecule has 7 heteroatoms. The lowest BCUT2D eigenvalue weighted by atomic mass is 10.3. The average molecular weight is 186 g/mol. The maximum absolute atomic E-state index is 12.8. The van der Waals surface area contributed by atoms with Gasteiger partial charge in [-0.2, -0.15) is 0 Å². The van der Waals surface area contributed by atoms with Gasteiger partial charge in [-0.25, -0.2) is 9.18 Å². The molecule has 0 aromatic rings. The van der Waals surface area contributed by atoms with E-state index in [-0.39, 0.29) is 0 Å². The molecule has 0 radical (unpaired) electrons. The lowest BCUT2D eigenvalue weighted by molar-refractivity contribution is -0.146. The van der Waals surface area contributed by atoms with Gasteiger partial charge < -0.3 is 14.9 Å². The zero-order valence-electron chi connectivity index (χ0n) is 5.69. The van der Waals surface area contributed by atoms with Crippen molar-refractivity contribution in [3.8, 4) is 0 Å². The smallest absolute Gasteiger partial charge is 0.374 e. The Balaban J connectivity index is 4.92. The van der Waals surface area contributed by atoms with Crippen LogP contribution in [0.1, 0.15) is 13.3 Å². The van der Waals surface area contributed by atoms with E-state index in [1.807, 2.05) is 0 Å². The summed E-state index contributed by atoms with van der Waals surface area (Å²) in [5.74, 6) is -2.13. The Hall–Kier alpha value is -0.450. The molecule has 0 aliphatic heterocycles. The molecule has 0 saturated carbocycles. The van der Waals surface area contributed by atoms with Crippen molar-refractivity contribution < 1.29 is 28.6 Å². The summed E-state index contributed by atoms with van der Waals surface area (Å²) < 4.78 is 23.1. The molecule has 3 N–H and O–H groups in total. The fourth-order valence-corrected chi connectivity index (χ4v) is 1.14. The third kappa shape index (κ3) is 1.77. The average Bonchev–Trinajstić information content (AvgIpc) is 1.83. The van der Waals surface area contributed by atoms with E-state index in [0.29, 0.717) is 0 Å². The van der Waals surface area contributed by atoms with Crippen molar-refractivity contribution in [2.45, 2.75) is 18.8 Å². The second kappa shape index (κ2) is 2.89. The summed E-state index contributed by atoms with van der Waals surface area (Å²) in [7, 11) is -5.21. The molecule has 0 aromatic carbocycles. The van der Waals surface area contributed by atoms with Crippen LogP contribution in [-0.4, -0.2) is 26.3 Å². The van der Waals surface area contributed by atoms with Crippen LogP contribution in [0.5, 0.6) is 0 Å². The van der Waals surface area contributed by atoms with E-state index in [9.17, 15) is 13.8 Å². The van der Waals surface area contributed by atoms with Gasteiger partial charge in [-0.15, -0.1) is 0 Å². The van der Waals surface area contributed by atoms with Crippen molar-refractivity contribution in [3.63, 3.8) is 0 Å². The molecular weight excluding hydrogens is 178 g/mol. The largest absolute Gasteiger partial charge is 0.478 e. The van der Waals surface area contributed by atoms with Crippen molar-refractivity contribution in [1.29, 1.82) is 0 Å². The molecule has 1 atom stereocenters. The highest BCUT2D eigenvalue weighted by atomic mass is 31.2. The van der Waals surface area contributed by atoms with Gasteiger partial charge in [0.25, 0.3) is 0 Å². The maximum atomic E-state index is 12.8. The Kier molecular flexibility index (Phi) is 2.77. The molecule has 0 aliphatic rings. The van der Waals surface area contributed by atoms with Gasteiger partial charge in [0.15, 0.2) is 0 Å². The van der Waals surface area contributed by atoms with E-state index in [2.05, 4.69) is 0 Å². The number of carboxylic acid groups (broad SMARTS) is 1. The van der Waals surface area contributed by atoms with Gasteiger partial charge in [0.1, 0.15) is 0 Å². The first-order chi connectivity index (χ1) is 4.75. The Morgan fingerprint density at radius 1 is 1.64 bits per heavy atom. The quantitative estimate of drug-likeness (QED) is 0.552. The normalized spacial score (nSPS) is 17.5. The highest BCUT2D eigenvalue weighted by Gasteiger charge is 2.53. The number of halogens is 1. The van der Waals surface area contributed by atoms with Gasteiger partial charge in [-0.05, 0) is 0 Å². The Labute approximate surface area is 62.0 Å². The van der Waals surface area contributed by atoms with Crippen LogP contribution in [-0.2, 0) is 9.36 Å². The van der Waals surface area contributed by atoms with Crippen molar-refractivity contribution in [3.05, 3.63) is 0 Å². The topological polar surface area (TPSA) is 94.8 Å². The van der Waals surface area contributed by atoms with Gasteiger partial charge in [0.2, 0.25) is 0 Å². The molecule has 0 fully saturated rings. The summed E-state index contributed by atoms with van der Waals surface area (Å²) in [6.07, 6.45) is -0.757. The van der Waals surface area contributed by atoms with Gasteiger partial charge in [-0.3, -0.25) is 4.57 Å². The minimum atomic E-state index is -5.21. The molecule has 0 spiro atoms. The zero-order valence-corrected chi connectivity index (χ0v) is 6.58. The van der Waals surface area contributed by atoms with Crippen LogP contribution in [0.2, 0.25) is 0 Å². The molecule has 0 saturated heterocycles. The number of aliphatic carboxylic acids is 1. The second-order valence-electron chi connectivity index (χ2n) is 1.96. The van der Waals surface area contributed by atoms with E-state index >= 15 is 0 Å². The molecule has 0 aliphatic carbocycles. The van der Waals surface area contributed by atoms with Gasteiger partial charge in [0, 0.05) is 6.42 Å². The molecule has 66 valence electrons. The van der Waals surface area contributed by atoms with Crippen molar-refractivity contribution in [2.75, 3.05) is 0 Å².